The predicted octanol–water partition coefficient (Wildman–Crippen LogP) is 5.41. The first-order valence-electron chi connectivity index (χ1n) is 9.43. The highest BCUT2D eigenvalue weighted by molar-refractivity contribution is 5.90. The van der Waals surface area contributed by atoms with Gasteiger partial charge in [-0.3, -0.25) is 0 Å². The van der Waals surface area contributed by atoms with Crippen molar-refractivity contribution in [2.45, 2.75) is 6.18 Å². The van der Waals surface area contributed by atoms with E-state index >= 15 is 0 Å². The molecule has 0 saturated heterocycles. The number of halogens is 3. The van der Waals surface area contributed by atoms with Crippen molar-refractivity contribution in [1.29, 1.82) is 0 Å². The highest BCUT2D eigenvalue weighted by Crippen LogP contribution is 2.41. The topological polar surface area (TPSA) is 81.3 Å². The van der Waals surface area contributed by atoms with Gasteiger partial charge in [0.2, 0.25) is 5.75 Å². The molecule has 0 aliphatic heterocycles. The van der Waals surface area contributed by atoms with E-state index in [4.69, 9.17) is 14.2 Å². The fourth-order valence-corrected chi connectivity index (χ4v) is 3.30. The number of aromatic nitrogens is 3. The van der Waals surface area contributed by atoms with Gasteiger partial charge in [0.15, 0.2) is 17.3 Å². The molecule has 0 amide bonds. The zero-order valence-electron chi connectivity index (χ0n) is 17.4. The average molecular weight is 444 g/mol. The normalized spacial score (nSPS) is 11.4. The minimum atomic E-state index is -4.44. The lowest BCUT2D eigenvalue weighted by atomic mass is 10.1. The van der Waals surface area contributed by atoms with Crippen molar-refractivity contribution in [3.63, 3.8) is 0 Å². The Labute approximate surface area is 181 Å². The molecule has 0 spiro atoms. The number of hydrogen-bond donors (Lipinski definition) is 2. The Hall–Kier alpha value is -3.95. The van der Waals surface area contributed by atoms with Crippen molar-refractivity contribution in [3.8, 4) is 28.6 Å². The zero-order valence-corrected chi connectivity index (χ0v) is 17.4. The van der Waals surface area contributed by atoms with Gasteiger partial charge in [0.25, 0.3) is 0 Å². The van der Waals surface area contributed by atoms with E-state index in [-0.39, 0.29) is 0 Å². The summed E-state index contributed by atoms with van der Waals surface area (Å²) in [4.78, 5) is 11.9. The van der Waals surface area contributed by atoms with Crippen molar-refractivity contribution < 1.29 is 27.4 Å². The molecule has 2 heterocycles. The Morgan fingerprint density at radius 3 is 2.28 bits per heavy atom. The van der Waals surface area contributed by atoms with Crippen LogP contribution in [0.2, 0.25) is 0 Å². The number of benzene rings is 2. The summed E-state index contributed by atoms with van der Waals surface area (Å²) in [6.07, 6.45) is -2.88. The van der Waals surface area contributed by atoms with E-state index < -0.39 is 11.7 Å². The molecular weight excluding hydrogens is 425 g/mol. The third-order valence-corrected chi connectivity index (χ3v) is 4.79. The summed E-state index contributed by atoms with van der Waals surface area (Å²) in [6, 6.07) is 10.1. The SMILES string of the molecule is COc1cc(Nc2nccc3[nH]c(-c4cccc(C(F)(F)F)c4)nc23)cc(OC)c1OC. The van der Waals surface area contributed by atoms with Crippen LogP contribution < -0.4 is 19.5 Å². The lowest BCUT2D eigenvalue weighted by Gasteiger charge is -2.15. The third-order valence-electron chi connectivity index (χ3n) is 4.79. The lowest BCUT2D eigenvalue weighted by Crippen LogP contribution is -2.04. The molecule has 10 heteroatoms. The van der Waals surface area contributed by atoms with Gasteiger partial charge in [0.1, 0.15) is 11.3 Å². The number of imidazole rings is 1. The molecule has 0 fully saturated rings. The molecule has 2 aromatic heterocycles. The van der Waals surface area contributed by atoms with Crippen LogP contribution in [0.1, 0.15) is 5.56 Å². The molecule has 166 valence electrons. The Kier molecular flexibility index (Phi) is 5.52. The first-order chi connectivity index (χ1) is 15.3. The molecule has 2 aromatic carbocycles. The van der Waals surface area contributed by atoms with Gasteiger partial charge in [-0.15, -0.1) is 0 Å². The standard InChI is InChI=1S/C22H19F3N4O3/c1-30-16-10-14(11-17(31-2)19(16)32-3)27-21-18-15(7-8-26-21)28-20(29-18)12-5-4-6-13(9-12)22(23,24)25/h4-11H,1-3H3,(H,26,27)(H,28,29). The summed E-state index contributed by atoms with van der Waals surface area (Å²) in [5, 5.41) is 3.16. The van der Waals surface area contributed by atoms with Gasteiger partial charge in [-0.25, -0.2) is 9.97 Å². The van der Waals surface area contributed by atoms with Crippen LogP contribution in [-0.2, 0) is 6.18 Å². The van der Waals surface area contributed by atoms with Crippen LogP contribution in [0, 0.1) is 0 Å². The second-order valence-corrected chi connectivity index (χ2v) is 6.76. The summed E-state index contributed by atoms with van der Waals surface area (Å²) in [5.74, 6) is 2.05. The molecule has 4 rings (SSSR count). The van der Waals surface area contributed by atoms with Gasteiger partial charge >= 0.3 is 6.18 Å². The van der Waals surface area contributed by atoms with Crippen molar-refractivity contribution in [2.24, 2.45) is 0 Å². The zero-order chi connectivity index (χ0) is 22.9. The molecule has 0 bridgehead atoms. The monoisotopic (exact) mass is 444 g/mol. The van der Waals surface area contributed by atoms with Crippen LogP contribution in [-0.4, -0.2) is 36.3 Å². The number of nitrogens with one attached hydrogen (secondary N) is 2. The van der Waals surface area contributed by atoms with Crippen molar-refractivity contribution in [3.05, 3.63) is 54.2 Å². The summed E-state index contributed by atoms with van der Waals surface area (Å²) >= 11 is 0. The van der Waals surface area contributed by atoms with Gasteiger partial charge in [-0.2, -0.15) is 13.2 Å². The van der Waals surface area contributed by atoms with E-state index in [1.54, 1.807) is 30.5 Å². The average Bonchev–Trinajstić information content (AvgIpc) is 3.23. The number of H-pyrrole nitrogens is 1. The highest BCUT2D eigenvalue weighted by atomic mass is 19.4. The fourth-order valence-electron chi connectivity index (χ4n) is 3.30. The number of anilines is 2. The molecular formula is C22H19F3N4O3. The third kappa shape index (κ3) is 3.98. The number of pyridine rings is 1. The summed E-state index contributed by atoms with van der Waals surface area (Å²) in [7, 11) is 4.53. The molecule has 0 aliphatic rings. The molecule has 0 saturated carbocycles. The molecule has 0 radical (unpaired) electrons. The second-order valence-electron chi connectivity index (χ2n) is 6.76. The number of ether oxygens (including phenoxy) is 3. The molecule has 4 aromatic rings. The number of fused-ring (bicyclic) bond motifs is 1. The lowest BCUT2D eigenvalue weighted by molar-refractivity contribution is -0.137. The molecule has 2 N–H and O–H groups in total. The summed E-state index contributed by atoms with van der Waals surface area (Å²) in [5.41, 5.74) is 1.25. The first-order valence-corrected chi connectivity index (χ1v) is 9.43. The van der Waals surface area contributed by atoms with Crippen LogP contribution in [0.25, 0.3) is 22.4 Å². The van der Waals surface area contributed by atoms with Gasteiger partial charge in [-0.1, -0.05) is 12.1 Å². The maximum atomic E-state index is 13.1. The molecule has 7 nitrogen and oxygen atoms in total. The molecule has 32 heavy (non-hydrogen) atoms. The summed E-state index contributed by atoms with van der Waals surface area (Å²) in [6.45, 7) is 0. The van der Waals surface area contributed by atoms with E-state index in [0.717, 1.165) is 12.1 Å². The van der Waals surface area contributed by atoms with Crippen LogP contribution in [0.3, 0.4) is 0 Å². The maximum Gasteiger partial charge on any atom is 0.416 e. The molecule has 0 atom stereocenters. The van der Waals surface area contributed by atoms with Gasteiger partial charge < -0.3 is 24.5 Å². The van der Waals surface area contributed by atoms with E-state index in [9.17, 15) is 13.2 Å². The smallest absolute Gasteiger partial charge is 0.416 e. The maximum absolute atomic E-state index is 13.1. The number of methoxy groups -OCH3 is 3. The quantitative estimate of drug-likeness (QED) is 0.414. The van der Waals surface area contributed by atoms with Crippen LogP contribution in [0.5, 0.6) is 17.2 Å². The van der Waals surface area contributed by atoms with E-state index in [1.165, 1.54) is 27.4 Å². The van der Waals surface area contributed by atoms with Crippen LogP contribution in [0.15, 0.2) is 48.7 Å². The van der Waals surface area contributed by atoms with Crippen molar-refractivity contribution in [1.82, 2.24) is 15.0 Å². The second kappa shape index (κ2) is 8.29. The number of alkyl halides is 3. The summed E-state index contributed by atoms with van der Waals surface area (Å²) < 4.78 is 55.3. The number of nitrogens with zero attached hydrogens (tertiary/aromatic N) is 2. The number of aromatic amines is 1. The minimum absolute atomic E-state index is 0.298. The number of hydrogen-bond acceptors (Lipinski definition) is 6. The van der Waals surface area contributed by atoms with Gasteiger partial charge in [-0.05, 0) is 18.2 Å². The fraction of sp³-hybridized carbons (Fsp3) is 0.182. The Morgan fingerprint density at radius 1 is 0.938 bits per heavy atom. The Morgan fingerprint density at radius 2 is 1.66 bits per heavy atom. The minimum Gasteiger partial charge on any atom is -0.493 e. The highest BCUT2D eigenvalue weighted by Gasteiger charge is 2.30. The van der Waals surface area contributed by atoms with Gasteiger partial charge in [0.05, 0.1) is 32.4 Å². The Bertz CT molecular complexity index is 1250. The van der Waals surface area contributed by atoms with Crippen LogP contribution in [0.4, 0.5) is 24.7 Å². The van der Waals surface area contributed by atoms with E-state index in [0.29, 0.717) is 51.2 Å². The molecule has 0 unspecified atom stereocenters. The number of rotatable bonds is 6. The van der Waals surface area contributed by atoms with E-state index in [2.05, 4.69) is 20.3 Å². The van der Waals surface area contributed by atoms with Crippen molar-refractivity contribution >= 4 is 22.5 Å². The van der Waals surface area contributed by atoms with Gasteiger partial charge in [0, 0.05) is 29.6 Å². The predicted molar refractivity (Wildman–Crippen MR) is 114 cm³/mol. The van der Waals surface area contributed by atoms with Crippen molar-refractivity contribution in [2.75, 3.05) is 26.6 Å². The first kappa shape index (κ1) is 21.3. The Balaban J connectivity index is 1.74. The van der Waals surface area contributed by atoms with E-state index in [1.807, 2.05) is 0 Å². The van der Waals surface area contributed by atoms with Crippen LogP contribution >= 0.6 is 0 Å². The largest absolute Gasteiger partial charge is 0.493 e. The molecule has 0 aliphatic carbocycles.